The SMILES string of the molecule is CN(C)[C@@H]1CN(C(=O)Cc2ccccc2)[C@@H]2CCCO[C@H]12. The summed E-state index contributed by atoms with van der Waals surface area (Å²) in [5, 5.41) is 0. The van der Waals surface area contributed by atoms with Crippen molar-refractivity contribution in [2.45, 2.75) is 37.5 Å². The van der Waals surface area contributed by atoms with Crippen LogP contribution in [0.2, 0.25) is 0 Å². The quantitative estimate of drug-likeness (QED) is 0.846. The lowest BCUT2D eigenvalue weighted by Crippen LogP contribution is -2.46. The molecule has 4 nitrogen and oxygen atoms in total. The van der Waals surface area contributed by atoms with Gasteiger partial charge in [-0.2, -0.15) is 0 Å². The minimum absolute atomic E-state index is 0.175. The first-order chi connectivity index (χ1) is 10.2. The van der Waals surface area contributed by atoms with Crippen molar-refractivity contribution in [3.05, 3.63) is 35.9 Å². The van der Waals surface area contributed by atoms with Crippen LogP contribution in [-0.2, 0) is 16.0 Å². The topological polar surface area (TPSA) is 32.8 Å². The molecule has 114 valence electrons. The van der Waals surface area contributed by atoms with Crippen LogP contribution in [0.3, 0.4) is 0 Å². The Morgan fingerprint density at radius 3 is 2.81 bits per heavy atom. The van der Waals surface area contributed by atoms with Crippen molar-refractivity contribution in [3.63, 3.8) is 0 Å². The standard InChI is InChI=1S/C17H24N2O2/c1-18(2)15-12-19(14-9-6-10-21-17(14)15)16(20)11-13-7-4-3-5-8-13/h3-5,7-8,14-15,17H,6,9-12H2,1-2H3/t14-,15-,17+/m1/s1. The molecule has 0 unspecified atom stereocenters. The van der Waals surface area contributed by atoms with E-state index in [4.69, 9.17) is 4.74 Å². The predicted octanol–water partition coefficient (Wildman–Crippen LogP) is 1.55. The first-order valence-corrected chi connectivity index (χ1v) is 7.78. The second-order valence-corrected chi connectivity index (χ2v) is 6.28. The van der Waals surface area contributed by atoms with Gasteiger partial charge in [-0.1, -0.05) is 30.3 Å². The first kappa shape index (κ1) is 14.5. The molecule has 21 heavy (non-hydrogen) atoms. The molecular formula is C17H24N2O2. The van der Waals surface area contributed by atoms with Crippen LogP contribution in [0, 0.1) is 0 Å². The maximum absolute atomic E-state index is 12.7. The van der Waals surface area contributed by atoms with Gasteiger partial charge < -0.3 is 14.5 Å². The number of benzene rings is 1. The average Bonchev–Trinajstić information content (AvgIpc) is 2.88. The molecule has 4 heteroatoms. The van der Waals surface area contributed by atoms with E-state index in [2.05, 4.69) is 23.9 Å². The monoisotopic (exact) mass is 288 g/mol. The number of rotatable bonds is 3. The van der Waals surface area contributed by atoms with Crippen molar-refractivity contribution >= 4 is 5.91 Å². The lowest BCUT2D eigenvalue weighted by atomic mass is 10.0. The maximum atomic E-state index is 12.7. The molecule has 2 aliphatic rings. The van der Waals surface area contributed by atoms with Crippen molar-refractivity contribution in [3.8, 4) is 0 Å². The van der Waals surface area contributed by atoms with Gasteiger partial charge in [0, 0.05) is 13.2 Å². The Kier molecular flexibility index (Phi) is 4.27. The number of carbonyl (C=O) groups is 1. The summed E-state index contributed by atoms with van der Waals surface area (Å²) in [6, 6.07) is 10.6. The summed E-state index contributed by atoms with van der Waals surface area (Å²) in [5.41, 5.74) is 1.09. The summed E-state index contributed by atoms with van der Waals surface area (Å²) in [6.45, 7) is 1.61. The molecule has 2 aliphatic heterocycles. The molecule has 0 saturated carbocycles. The Bertz CT molecular complexity index is 489. The van der Waals surface area contributed by atoms with Crippen molar-refractivity contribution in [1.29, 1.82) is 0 Å². The van der Waals surface area contributed by atoms with Crippen LogP contribution in [0.4, 0.5) is 0 Å². The van der Waals surface area contributed by atoms with Gasteiger partial charge >= 0.3 is 0 Å². The fraction of sp³-hybridized carbons (Fsp3) is 0.588. The van der Waals surface area contributed by atoms with Gasteiger partial charge in [0.25, 0.3) is 0 Å². The van der Waals surface area contributed by atoms with Crippen molar-refractivity contribution < 1.29 is 9.53 Å². The smallest absolute Gasteiger partial charge is 0.227 e. The molecule has 1 amide bonds. The van der Waals surface area contributed by atoms with E-state index in [9.17, 15) is 4.79 Å². The van der Waals surface area contributed by atoms with E-state index in [1.807, 2.05) is 30.3 Å². The minimum Gasteiger partial charge on any atom is -0.374 e. The van der Waals surface area contributed by atoms with Gasteiger partial charge in [-0.25, -0.2) is 0 Å². The highest BCUT2D eigenvalue weighted by Crippen LogP contribution is 2.31. The zero-order valence-electron chi connectivity index (χ0n) is 12.9. The molecule has 0 spiro atoms. The number of likely N-dealkylation sites (N-methyl/N-ethyl adjacent to an activating group) is 1. The zero-order valence-corrected chi connectivity index (χ0v) is 12.9. The zero-order chi connectivity index (χ0) is 14.8. The molecule has 2 heterocycles. The van der Waals surface area contributed by atoms with Crippen LogP contribution in [0.1, 0.15) is 18.4 Å². The normalized spacial score (nSPS) is 28.7. The Hall–Kier alpha value is -1.39. The van der Waals surface area contributed by atoms with Crippen molar-refractivity contribution in [2.24, 2.45) is 0 Å². The number of fused-ring (bicyclic) bond motifs is 1. The highest BCUT2D eigenvalue weighted by molar-refractivity contribution is 5.79. The molecule has 3 rings (SSSR count). The summed E-state index contributed by atoms with van der Waals surface area (Å²) in [4.78, 5) is 16.9. The van der Waals surface area contributed by atoms with Crippen LogP contribution < -0.4 is 0 Å². The van der Waals surface area contributed by atoms with E-state index in [1.54, 1.807) is 0 Å². The van der Waals surface area contributed by atoms with Crippen LogP contribution >= 0.6 is 0 Å². The third-order valence-electron chi connectivity index (χ3n) is 4.68. The Balaban J connectivity index is 1.73. The molecule has 0 aliphatic carbocycles. The van der Waals surface area contributed by atoms with E-state index in [0.29, 0.717) is 12.5 Å². The average molecular weight is 288 g/mol. The van der Waals surface area contributed by atoms with Crippen LogP contribution in [0.15, 0.2) is 30.3 Å². The van der Waals surface area contributed by atoms with Crippen LogP contribution in [0.5, 0.6) is 0 Å². The number of amides is 1. The predicted molar refractivity (Wildman–Crippen MR) is 82.1 cm³/mol. The number of carbonyl (C=O) groups excluding carboxylic acids is 1. The van der Waals surface area contributed by atoms with E-state index in [-0.39, 0.29) is 18.1 Å². The molecule has 2 saturated heterocycles. The van der Waals surface area contributed by atoms with Crippen molar-refractivity contribution in [2.75, 3.05) is 27.2 Å². The van der Waals surface area contributed by atoms with E-state index in [1.165, 1.54) is 0 Å². The molecule has 1 aromatic carbocycles. The molecular weight excluding hydrogens is 264 g/mol. The molecule has 2 fully saturated rings. The summed E-state index contributed by atoms with van der Waals surface area (Å²) in [7, 11) is 4.15. The van der Waals surface area contributed by atoms with Gasteiger partial charge in [-0.3, -0.25) is 4.79 Å². The van der Waals surface area contributed by atoms with Crippen LogP contribution in [0.25, 0.3) is 0 Å². The second-order valence-electron chi connectivity index (χ2n) is 6.28. The Morgan fingerprint density at radius 2 is 2.10 bits per heavy atom. The second kappa shape index (κ2) is 6.16. The number of nitrogens with zero attached hydrogens (tertiary/aromatic N) is 2. The summed E-state index contributed by atoms with van der Waals surface area (Å²) < 4.78 is 5.97. The molecule has 3 atom stereocenters. The lowest BCUT2D eigenvalue weighted by Gasteiger charge is -2.33. The third-order valence-corrected chi connectivity index (χ3v) is 4.68. The van der Waals surface area contributed by atoms with E-state index in [0.717, 1.165) is 31.6 Å². The first-order valence-electron chi connectivity index (χ1n) is 7.78. The van der Waals surface area contributed by atoms with Gasteiger partial charge in [-0.05, 0) is 32.5 Å². The Labute approximate surface area is 126 Å². The highest BCUT2D eigenvalue weighted by Gasteiger charge is 2.46. The molecule has 0 bridgehead atoms. The highest BCUT2D eigenvalue weighted by atomic mass is 16.5. The number of hydrogen-bond acceptors (Lipinski definition) is 3. The molecule has 0 N–H and O–H groups in total. The summed E-state index contributed by atoms with van der Waals surface area (Å²) in [6.07, 6.45) is 2.78. The third kappa shape index (κ3) is 2.97. The molecule has 0 aromatic heterocycles. The molecule has 1 aromatic rings. The summed E-state index contributed by atoms with van der Waals surface area (Å²) >= 11 is 0. The van der Waals surface area contributed by atoms with E-state index < -0.39 is 0 Å². The maximum Gasteiger partial charge on any atom is 0.227 e. The summed E-state index contributed by atoms with van der Waals surface area (Å²) in [5.74, 6) is 0.228. The minimum atomic E-state index is 0.175. The molecule has 0 radical (unpaired) electrons. The van der Waals surface area contributed by atoms with Gasteiger partial charge in [0.2, 0.25) is 5.91 Å². The largest absolute Gasteiger partial charge is 0.374 e. The van der Waals surface area contributed by atoms with E-state index >= 15 is 0 Å². The lowest BCUT2D eigenvalue weighted by molar-refractivity contribution is -0.134. The van der Waals surface area contributed by atoms with Crippen LogP contribution in [-0.4, -0.2) is 61.1 Å². The fourth-order valence-electron chi connectivity index (χ4n) is 3.54. The Morgan fingerprint density at radius 1 is 1.33 bits per heavy atom. The number of likely N-dealkylation sites (tertiary alicyclic amines) is 1. The van der Waals surface area contributed by atoms with Crippen molar-refractivity contribution in [1.82, 2.24) is 9.80 Å². The van der Waals surface area contributed by atoms with Gasteiger partial charge in [-0.15, -0.1) is 0 Å². The number of ether oxygens (including phenoxy) is 1. The van der Waals surface area contributed by atoms with Gasteiger partial charge in [0.15, 0.2) is 0 Å². The number of hydrogen-bond donors (Lipinski definition) is 0. The van der Waals surface area contributed by atoms with Gasteiger partial charge in [0.05, 0.1) is 24.6 Å². The van der Waals surface area contributed by atoms with Gasteiger partial charge in [0.1, 0.15) is 0 Å². The fourth-order valence-corrected chi connectivity index (χ4v) is 3.54.